The van der Waals surface area contributed by atoms with Crippen molar-refractivity contribution in [1.82, 2.24) is 5.32 Å². The second-order valence-corrected chi connectivity index (χ2v) is 4.78. The lowest BCUT2D eigenvalue weighted by atomic mass is 10.0. The number of hydrogen-bond acceptors (Lipinski definition) is 5. The molecule has 1 fully saturated rings. The van der Waals surface area contributed by atoms with Crippen LogP contribution >= 0.6 is 0 Å². The van der Waals surface area contributed by atoms with Crippen molar-refractivity contribution in [3.63, 3.8) is 0 Å². The lowest BCUT2D eigenvalue weighted by molar-refractivity contribution is -0.384. The molecule has 1 heterocycles. The number of anilines is 1. The van der Waals surface area contributed by atoms with E-state index in [4.69, 9.17) is 0 Å². The van der Waals surface area contributed by atoms with Gasteiger partial charge in [0.15, 0.2) is 0 Å². The minimum Gasteiger partial charge on any atom is -0.391 e. The molecule has 1 aromatic carbocycles. The Bertz CT molecular complexity index is 532. The first kappa shape index (κ1) is 14.3. The number of aliphatic hydroxyl groups is 1. The number of nitrogens with one attached hydrogen (secondary N) is 1. The molecule has 2 N–H and O–H groups in total. The summed E-state index contributed by atoms with van der Waals surface area (Å²) in [5.41, 5.74) is 0.759. The quantitative estimate of drug-likeness (QED) is 0.633. The molecule has 0 aromatic heterocycles. The number of nitro groups is 1. The Morgan fingerprint density at radius 3 is 2.90 bits per heavy atom. The Morgan fingerprint density at radius 1 is 1.55 bits per heavy atom. The Morgan fingerprint density at radius 2 is 2.30 bits per heavy atom. The Labute approximate surface area is 116 Å². The van der Waals surface area contributed by atoms with Gasteiger partial charge in [0.05, 0.1) is 22.3 Å². The highest BCUT2D eigenvalue weighted by Crippen LogP contribution is 2.28. The van der Waals surface area contributed by atoms with Gasteiger partial charge in [0.25, 0.3) is 11.6 Å². The van der Waals surface area contributed by atoms with Crippen molar-refractivity contribution in [2.24, 2.45) is 0 Å². The molecule has 0 spiro atoms. The van der Waals surface area contributed by atoms with Crippen LogP contribution in [0, 0.1) is 10.1 Å². The number of carbonyl (C=O) groups is 1. The van der Waals surface area contributed by atoms with Gasteiger partial charge >= 0.3 is 0 Å². The van der Waals surface area contributed by atoms with Crippen molar-refractivity contribution in [3.8, 4) is 0 Å². The Kier molecular flexibility index (Phi) is 4.19. The summed E-state index contributed by atoms with van der Waals surface area (Å²) in [6, 6.07) is 4.22. The maximum Gasteiger partial charge on any atom is 0.270 e. The van der Waals surface area contributed by atoms with Gasteiger partial charge in [0.2, 0.25) is 0 Å². The molecule has 0 saturated carbocycles. The third kappa shape index (κ3) is 2.88. The number of aliphatic hydroxyl groups excluding tert-OH is 1. The first-order valence-corrected chi connectivity index (χ1v) is 6.46. The van der Waals surface area contributed by atoms with E-state index in [-0.39, 0.29) is 17.2 Å². The smallest absolute Gasteiger partial charge is 0.270 e. The van der Waals surface area contributed by atoms with E-state index < -0.39 is 11.0 Å². The van der Waals surface area contributed by atoms with E-state index >= 15 is 0 Å². The number of benzene rings is 1. The number of hydrogen-bond donors (Lipinski definition) is 2. The first-order chi connectivity index (χ1) is 9.52. The van der Waals surface area contributed by atoms with Crippen molar-refractivity contribution in [2.75, 3.05) is 25.0 Å². The normalized spacial score (nSPS) is 18.7. The van der Waals surface area contributed by atoms with Gasteiger partial charge in [-0.2, -0.15) is 0 Å². The number of amides is 1. The standard InChI is InChI=1S/C13H17N3O4/c1-14-13(18)11-7-9(16(19)20)4-5-12(11)15-6-2-3-10(17)8-15/h4-5,7,10,17H,2-3,6,8H2,1H3,(H,14,18). The van der Waals surface area contributed by atoms with Crippen LogP contribution in [-0.2, 0) is 0 Å². The second kappa shape index (κ2) is 5.87. The summed E-state index contributed by atoms with van der Waals surface area (Å²) in [4.78, 5) is 24.1. The summed E-state index contributed by atoms with van der Waals surface area (Å²) in [5, 5.41) is 23.0. The van der Waals surface area contributed by atoms with Crippen LogP contribution < -0.4 is 10.2 Å². The molecule has 0 bridgehead atoms. The van der Waals surface area contributed by atoms with E-state index in [1.165, 1.54) is 19.2 Å². The van der Waals surface area contributed by atoms with Crippen molar-refractivity contribution < 1.29 is 14.8 Å². The zero-order valence-corrected chi connectivity index (χ0v) is 11.2. The molecule has 1 unspecified atom stereocenters. The molecule has 108 valence electrons. The predicted molar refractivity (Wildman–Crippen MR) is 73.9 cm³/mol. The molecule has 0 aliphatic carbocycles. The molecule has 0 radical (unpaired) electrons. The van der Waals surface area contributed by atoms with Gasteiger partial charge in [-0.3, -0.25) is 14.9 Å². The van der Waals surface area contributed by atoms with Crippen molar-refractivity contribution in [2.45, 2.75) is 18.9 Å². The largest absolute Gasteiger partial charge is 0.391 e. The molecular formula is C13H17N3O4. The first-order valence-electron chi connectivity index (χ1n) is 6.46. The van der Waals surface area contributed by atoms with E-state index in [1.807, 2.05) is 4.90 Å². The third-order valence-corrected chi connectivity index (χ3v) is 3.40. The van der Waals surface area contributed by atoms with Gasteiger partial charge in [-0.25, -0.2) is 0 Å². The average molecular weight is 279 g/mol. The molecule has 20 heavy (non-hydrogen) atoms. The fourth-order valence-corrected chi connectivity index (χ4v) is 2.40. The number of nitro benzene ring substituents is 1. The number of carbonyl (C=O) groups excluding carboxylic acids is 1. The monoisotopic (exact) mass is 279 g/mol. The van der Waals surface area contributed by atoms with Gasteiger partial charge in [0.1, 0.15) is 0 Å². The topological polar surface area (TPSA) is 95.7 Å². The molecular weight excluding hydrogens is 262 g/mol. The minimum atomic E-state index is -0.527. The van der Waals surface area contributed by atoms with E-state index in [0.717, 1.165) is 19.4 Å². The molecule has 7 nitrogen and oxygen atoms in total. The molecule has 1 saturated heterocycles. The zero-order valence-electron chi connectivity index (χ0n) is 11.2. The highest BCUT2D eigenvalue weighted by Gasteiger charge is 2.24. The van der Waals surface area contributed by atoms with Gasteiger partial charge in [0, 0.05) is 32.3 Å². The van der Waals surface area contributed by atoms with Crippen LogP contribution in [0.3, 0.4) is 0 Å². The summed E-state index contributed by atoms with van der Waals surface area (Å²) >= 11 is 0. The van der Waals surface area contributed by atoms with E-state index in [1.54, 1.807) is 6.07 Å². The molecule has 1 amide bonds. The number of nitrogens with zero attached hydrogens (tertiary/aromatic N) is 2. The average Bonchev–Trinajstić information content (AvgIpc) is 2.45. The SMILES string of the molecule is CNC(=O)c1cc([N+](=O)[O-])ccc1N1CCCC(O)C1. The maximum absolute atomic E-state index is 11.9. The van der Waals surface area contributed by atoms with Crippen molar-refractivity contribution in [1.29, 1.82) is 0 Å². The highest BCUT2D eigenvalue weighted by atomic mass is 16.6. The van der Waals surface area contributed by atoms with Crippen LogP contribution in [0.25, 0.3) is 0 Å². The highest BCUT2D eigenvalue weighted by molar-refractivity contribution is 6.00. The fraction of sp³-hybridized carbons (Fsp3) is 0.462. The van der Waals surface area contributed by atoms with E-state index in [9.17, 15) is 20.0 Å². The number of β-amino-alcohol motifs (C(OH)–C–C–N with tert-alkyl or cyclic N) is 1. The van der Waals surface area contributed by atoms with Gasteiger partial charge in [-0.1, -0.05) is 0 Å². The minimum absolute atomic E-state index is 0.120. The summed E-state index contributed by atoms with van der Waals surface area (Å²) in [6.45, 7) is 1.15. The third-order valence-electron chi connectivity index (χ3n) is 3.40. The summed E-state index contributed by atoms with van der Waals surface area (Å²) in [5.74, 6) is -0.372. The predicted octanol–water partition coefficient (Wildman–Crippen LogP) is 0.915. The molecule has 7 heteroatoms. The van der Waals surface area contributed by atoms with E-state index in [0.29, 0.717) is 12.2 Å². The Balaban J connectivity index is 2.40. The van der Waals surface area contributed by atoms with Crippen LogP contribution in [-0.4, -0.2) is 42.2 Å². The molecule has 2 rings (SSSR count). The van der Waals surface area contributed by atoms with E-state index in [2.05, 4.69) is 5.32 Å². The Hall–Kier alpha value is -2.15. The van der Waals surface area contributed by atoms with Crippen LogP contribution in [0.15, 0.2) is 18.2 Å². The van der Waals surface area contributed by atoms with Gasteiger partial charge in [-0.05, 0) is 18.9 Å². The van der Waals surface area contributed by atoms with Crippen LogP contribution in [0.1, 0.15) is 23.2 Å². The number of rotatable bonds is 3. The van der Waals surface area contributed by atoms with Crippen LogP contribution in [0.5, 0.6) is 0 Å². The lowest BCUT2D eigenvalue weighted by Crippen LogP contribution is -2.39. The number of piperidine rings is 1. The molecule has 1 aliphatic heterocycles. The van der Waals surface area contributed by atoms with Crippen LogP contribution in [0.4, 0.5) is 11.4 Å². The fourth-order valence-electron chi connectivity index (χ4n) is 2.40. The number of non-ortho nitro benzene ring substituents is 1. The zero-order chi connectivity index (χ0) is 14.7. The second-order valence-electron chi connectivity index (χ2n) is 4.78. The lowest BCUT2D eigenvalue weighted by Gasteiger charge is -2.33. The van der Waals surface area contributed by atoms with Gasteiger partial charge < -0.3 is 15.3 Å². The molecule has 1 atom stereocenters. The summed E-state index contributed by atoms with van der Waals surface area (Å²) in [7, 11) is 1.48. The molecule has 1 aromatic rings. The summed E-state index contributed by atoms with van der Waals surface area (Å²) < 4.78 is 0. The molecule has 1 aliphatic rings. The van der Waals surface area contributed by atoms with Crippen molar-refractivity contribution >= 4 is 17.3 Å². The van der Waals surface area contributed by atoms with Gasteiger partial charge in [-0.15, -0.1) is 0 Å². The van der Waals surface area contributed by atoms with Crippen LogP contribution in [0.2, 0.25) is 0 Å². The maximum atomic E-state index is 11.9. The van der Waals surface area contributed by atoms with Crippen molar-refractivity contribution in [3.05, 3.63) is 33.9 Å². The summed E-state index contributed by atoms with van der Waals surface area (Å²) in [6.07, 6.45) is 1.13.